The molecule has 0 spiro atoms. The highest BCUT2D eigenvalue weighted by Gasteiger charge is 2.24. The van der Waals surface area contributed by atoms with Crippen molar-refractivity contribution < 1.29 is 9.63 Å². The van der Waals surface area contributed by atoms with Gasteiger partial charge in [-0.3, -0.25) is 0 Å². The van der Waals surface area contributed by atoms with Crippen molar-refractivity contribution in [2.24, 2.45) is 0 Å². The topological polar surface area (TPSA) is 71.2 Å². The predicted octanol–water partition coefficient (Wildman–Crippen LogP) is 1.58. The van der Waals surface area contributed by atoms with Gasteiger partial charge in [-0.1, -0.05) is 35.5 Å². The summed E-state index contributed by atoms with van der Waals surface area (Å²) >= 11 is 0. The third-order valence-corrected chi connectivity index (χ3v) is 3.18. The van der Waals surface area contributed by atoms with Gasteiger partial charge in [-0.25, -0.2) is 0 Å². The normalized spacial score (nSPS) is 21.1. The molecular weight excluding hydrogens is 230 g/mol. The second-order valence-corrected chi connectivity index (χ2v) is 4.45. The van der Waals surface area contributed by atoms with Crippen molar-refractivity contribution in [2.45, 2.75) is 25.0 Å². The van der Waals surface area contributed by atoms with E-state index >= 15 is 0 Å². The van der Waals surface area contributed by atoms with Gasteiger partial charge in [-0.15, -0.1) is 0 Å². The lowest BCUT2D eigenvalue weighted by molar-refractivity contribution is 0.170. The van der Waals surface area contributed by atoms with Crippen LogP contribution in [0.2, 0.25) is 0 Å². The summed E-state index contributed by atoms with van der Waals surface area (Å²) in [5.74, 6) is 0.891. The first-order valence-electron chi connectivity index (χ1n) is 6.14. The molecule has 5 heteroatoms. The molecule has 94 valence electrons. The number of rotatable bonds is 3. The third kappa shape index (κ3) is 2.14. The van der Waals surface area contributed by atoms with Crippen LogP contribution in [-0.4, -0.2) is 21.8 Å². The largest absolute Gasteiger partial charge is 0.378 e. The van der Waals surface area contributed by atoms with Crippen molar-refractivity contribution in [3.8, 4) is 0 Å². The van der Waals surface area contributed by atoms with Crippen LogP contribution in [0.3, 0.4) is 0 Å². The summed E-state index contributed by atoms with van der Waals surface area (Å²) in [5, 5.41) is 17.4. The predicted molar refractivity (Wildman–Crippen MR) is 64.8 cm³/mol. The number of aliphatic hydroxyl groups excluding tert-OH is 1. The van der Waals surface area contributed by atoms with Gasteiger partial charge in [0.2, 0.25) is 0 Å². The van der Waals surface area contributed by atoms with Crippen LogP contribution in [0.1, 0.15) is 42.3 Å². The molecule has 1 aromatic carbocycles. The lowest BCUT2D eigenvalue weighted by Gasteiger charge is -2.05. The summed E-state index contributed by atoms with van der Waals surface area (Å²) in [6.07, 6.45) is 1.28. The Kier molecular flexibility index (Phi) is 3.08. The minimum atomic E-state index is -0.853. The minimum absolute atomic E-state index is 0.158. The van der Waals surface area contributed by atoms with E-state index in [2.05, 4.69) is 15.5 Å². The van der Waals surface area contributed by atoms with Crippen molar-refractivity contribution in [1.29, 1.82) is 0 Å². The van der Waals surface area contributed by atoms with Gasteiger partial charge in [0, 0.05) is 0 Å². The number of hydrogen-bond donors (Lipinski definition) is 2. The summed E-state index contributed by atoms with van der Waals surface area (Å²) in [6.45, 7) is 0.982. The van der Waals surface area contributed by atoms with Gasteiger partial charge in [0.25, 0.3) is 5.89 Å². The Bertz CT molecular complexity index is 506. The van der Waals surface area contributed by atoms with E-state index < -0.39 is 6.10 Å². The zero-order valence-electron chi connectivity index (χ0n) is 9.91. The molecule has 3 rings (SSSR count). The number of aliphatic hydroxyl groups is 1. The molecule has 2 aromatic rings. The van der Waals surface area contributed by atoms with Crippen molar-refractivity contribution in [1.82, 2.24) is 15.5 Å². The molecule has 0 saturated carbocycles. The molecule has 2 unspecified atom stereocenters. The zero-order chi connectivity index (χ0) is 12.4. The highest BCUT2D eigenvalue weighted by atomic mass is 16.5. The number of aromatic nitrogens is 2. The Morgan fingerprint density at radius 1 is 1.33 bits per heavy atom. The first-order valence-corrected chi connectivity index (χ1v) is 6.14. The van der Waals surface area contributed by atoms with Crippen LogP contribution in [-0.2, 0) is 0 Å². The fourth-order valence-corrected chi connectivity index (χ4v) is 2.18. The maximum atomic E-state index is 10.1. The fraction of sp³-hybridized carbons (Fsp3) is 0.385. The van der Waals surface area contributed by atoms with E-state index in [9.17, 15) is 5.11 Å². The second-order valence-electron chi connectivity index (χ2n) is 4.45. The fourth-order valence-electron chi connectivity index (χ4n) is 2.18. The van der Waals surface area contributed by atoms with Crippen molar-refractivity contribution >= 4 is 0 Å². The monoisotopic (exact) mass is 245 g/mol. The van der Waals surface area contributed by atoms with Crippen LogP contribution >= 0.6 is 0 Å². The van der Waals surface area contributed by atoms with Gasteiger partial charge in [-0.05, 0) is 24.9 Å². The molecule has 18 heavy (non-hydrogen) atoms. The Morgan fingerprint density at radius 2 is 2.17 bits per heavy atom. The SMILES string of the molecule is OC(c1ccccc1)c1nc(C2CCCN2)no1. The second kappa shape index (κ2) is 4.88. The van der Waals surface area contributed by atoms with Gasteiger partial charge in [0.05, 0.1) is 6.04 Å². The lowest BCUT2D eigenvalue weighted by atomic mass is 10.1. The van der Waals surface area contributed by atoms with Gasteiger partial charge < -0.3 is 14.9 Å². The highest BCUT2D eigenvalue weighted by Crippen LogP contribution is 2.24. The highest BCUT2D eigenvalue weighted by molar-refractivity contribution is 5.21. The van der Waals surface area contributed by atoms with E-state index in [0.29, 0.717) is 5.82 Å². The van der Waals surface area contributed by atoms with Gasteiger partial charge in [0.15, 0.2) is 11.9 Å². The molecule has 1 fully saturated rings. The maximum Gasteiger partial charge on any atom is 0.260 e. The molecule has 1 aromatic heterocycles. The van der Waals surface area contributed by atoms with E-state index in [-0.39, 0.29) is 11.9 Å². The third-order valence-electron chi connectivity index (χ3n) is 3.18. The van der Waals surface area contributed by atoms with E-state index in [4.69, 9.17) is 4.52 Å². The quantitative estimate of drug-likeness (QED) is 0.859. The summed E-state index contributed by atoms with van der Waals surface area (Å²) in [7, 11) is 0. The first-order chi connectivity index (χ1) is 8.84. The molecule has 0 bridgehead atoms. The van der Waals surface area contributed by atoms with Crippen LogP contribution in [0.5, 0.6) is 0 Å². The smallest absolute Gasteiger partial charge is 0.260 e. The molecule has 1 saturated heterocycles. The molecule has 2 atom stereocenters. The number of nitrogens with one attached hydrogen (secondary N) is 1. The van der Waals surface area contributed by atoms with Crippen LogP contribution < -0.4 is 5.32 Å². The summed E-state index contributed by atoms with van der Waals surface area (Å²) in [5.41, 5.74) is 0.757. The summed E-state index contributed by atoms with van der Waals surface area (Å²) in [4.78, 5) is 4.28. The van der Waals surface area contributed by atoms with Crippen LogP contribution in [0.15, 0.2) is 34.9 Å². The number of benzene rings is 1. The molecular formula is C13H15N3O2. The van der Waals surface area contributed by atoms with Crippen LogP contribution in [0.25, 0.3) is 0 Å². The van der Waals surface area contributed by atoms with Gasteiger partial charge >= 0.3 is 0 Å². The molecule has 1 aliphatic rings. The standard InChI is InChI=1S/C13H15N3O2/c17-11(9-5-2-1-3-6-9)13-15-12(16-18-13)10-7-4-8-14-10/h1-3,5-6,10-11,14,17H,4,7-8H2. The Labute approximate surface area is 105 Å². The van der Waals surface area contributed by atoms with E-state index in [1.165, 1.54) is 0 Å². The molecule has 5 nitrogen and oxygen atoms in total. The van der Waals surface area contributed by atoms with Gasteiger partial charge in [0.1, 0.15) is 0 Å². The minimum Gasteiger partial charge on any atom is -0.378 e. The van der Waals surface area contributed by atoms with Crippen LogP contribution in [0, 0.1) is 0 Å². The molecule has 0 radical (unpaired) electrons. The van der Waals surface area contributed by atoms with E-state index in [0.717, 1.165) is 24.9 Å². The Balaban J connectivity index is 1.80. The van der Waals surface area contributed by atoms with Gasteiger partial charge in [-0.2, -0.15) is 4.98 Å². The average Bonchev–Trinajstić information content (AvgIpc) is 3.09. The molecule has 2 heterocycles. The zero-order valence-corrected chi connectivity index (χ0v) is 9.91. The molecule has 1 aliphatic heterocycles. The van der Waals surface area contributed by atoms with Crippen molar-refractivity contribution in [3.05, 3.63) is 47.6 Å². The lowest BCUT2D eigenvalue weighted by Crippen LogP contribution is -2.14. The average molecular weight is 245 g/mol. The molecule has 0 aliphatic carbocycles. The van der Waals surface area contributed by atoms with Crippen LogP contribution in [0.4, 0.5) is 0 Å². The number of hydrogen-bond acceptors (Lipinski definition) is 5. The Hall–Kier alpha value is -1.72. The first kappa shape index (κ1) is 11.4. The Morgan fingerprint density at radius 3 is 2.89 bits per heavy atom. The van der Waals surface area contributed by atoms with E-state index in [1.807, 2.05) is 30.3 Å². The van der Waals surface area contributed by atoms with Crippen molar-refractivity contribution in [3.63, 3.8) is 0 Å². The molecule has 0 amide bonds. The van der Waals surface area contributed by atoms with E-state index in [1.54, 1.807) is 0 Å². The molecule has 2 N–H and O–H groups in total. The summed E-state index contributed by atoms with van der Waals surface area (Å²) < 4.78 is 5.14. The number of nitrogens with zero attached hydrogens (tertiary/aromatic N) is 2. The summed E-state index contributed by atoms with van der Waals surface area (Å²) in [6, 6.07) is 9.47. The maximum absolute atomic E-state index is 10.1. The van der Waals surface area contributed by atoms with Crippen molar-refractivity contribution in [2.75, 3.05) is 6.54 Å².